The third-order valence-electron chi connectivity index (χ3n) is 5.37. The van der Waals surface area contributed by atoms with Crippen LogP contribution in [0.1, 0.15) is 65.5 Å². The van der Waals surface area contributed by atoms with Crippen molar-refractivity contribution in [3.63, 3.8) is 0 Å². The van der Waals surface area contributed by atoms with Crippen molar-refractivity contribution in [2.45, 2.75) is 72.6 Å². The fourth-order valence-electron chi connectivity index (χ4n) is 4.14. The Morgan fingerprint density at radius 3 is 2.70 bits per heavy atom. The van der Waals surface area contributed by atoms with Crippen LogP contribution in [0.5, 0.6) is 0 Å². The molecule has 0 aromatic carbocycles. The fourth-order valence-corrected chi connectivity index (χ4v) is 4.14. The molecule has 1 N–H and O–H groups in total. The van der Waals surface area contributed by atoms with Gasteiger partial charge in [0.05, 0.1) is 23.6 Å². The van der Waals surface area contributed by atoms with Gasteiger partial charge in [-0.3, -0.25) is 14.9 Å². The Kier molecular flexibility index (Phi) is 5.77. The lowest BCUT2D eigenvalue weighted by Crippen LogP contribution is -2.40. The first-order chi connectivity index (χ1) is 15.6. The minimum Gasteiger partial charge on any atom is -0.444 e. The summed E-state index contributed by atoms with van der Waals surface area (Å²) in [7, 11) is 0. The van der Waals surface area contributed by atoms with Gasteiger partial charge >= 0.3 is 6.09 Å². The zero-order valence-electron chi connectivity index (χ0n) is 20.1. The maximum atomic E-state index is 12.4. The number of hydrogen-bond acceptors (Lipinski definition) is 8. The number of hydrogen-bond donors (Lipinski definition) is 1. The van der Waals surface area contributed by atoms with Crippen LogP contribution in [-0.2, 0) is 4.74 Å². The number of rotatable bonds is 4. The lowest BCUT2D eigenvalue weighted by molar-refractivity contribution is 0.0636. The molecule has 0 spiro atoms. The molecule has 0 bridgehead atoms. The summed E-state index contributed by atoms with van der Waals surface area (Å²) in [5.74, 6) is 2.19. The number of fused-ring (bicyclic) bond motifs is 3. The average Bonchev–Trinajstić information content (AvgIpc) is 3.20. The molecule has 3 aromatic heterocycles. The summed E-state index contributed by atoms with van der Waals surface area (Å²) in [5, 5.41) is 11.3. The Labute approximate surface area is 193 Å². The number of carbonyl (C=O) groups is 1. The number of aryl methyl sites for hydroxylation is 1. The summed E-state index contributed by atoms with van der Waals surface area (Å²) in [4.78, 5) is 28.6. The van der Waals surface area contributed by atoms with Crippen LogP contribution in [0.3, 0.4) is 0 Å². The molecule has 0 aliphatic carbocycles. The molecule has 0 fully saturated rings. The van der Waals surface area contributed by atoms with Crippen molar-refractivity contribution in [3.05, 3.63) is 36.3 Å². The van der Waals surface area contributed by atoms with E-state index in [-0.39, 0.29) is 12.1 Å². The van der Waals surface area contributed by atoms with E-state index in [4.69, 9.17) is 14.7 Å². The van der Waals surface area contributed by atoms with Gasteiger partial charge in [-0.2, -0.15) is 0 Å². The van der Waals surface area contributed by atoms with Gasteiger partial charge in [-0.15, -0.1) is 10.2 Å². The Balaban J connectivity index is 1.83. The molecule has 4 rings (SSSR count). The van der Waals surface area contributed by atoms with Crippen LogP contribution >= 0.6 is 0 Å². The molecule has 1 aliphatic rings. The topological polar surface area (TPSA) is 111 Å². The molecule has 4 heterocycles. The first kappa shape index (κ1) is 22.6. The first-order valence-corrected chi connectivity index (χ1v) is 11.1. The van der Waals surface area contributed by atoms with E-state index in [9.17, 15) is 4.79 Å². The molecule has 0 saturated heterocycles. The first-order valence-electron chi connectivity index (χ1n) is 11.1. The molecule has 1 amide bonds. The molecule has 0 saturated carbocycles. The van der Waals surface area contributed by atoms with Gasteiger partial charge in [0, 0.05) is 17.8 Å². The molecule has 10 nitrogen and oxygen atoms in total. The summed E-state index contributed by atoms with van der Waals surface area (Å²) < 4.78 is 7.39. The van der Waals surface area contributed by atoms with Crippen molar-refractivity contribution in [1.29, 1.82) is 0 Å². The average molecular weight is 451 g/mol. The Morgan fingerprint density at radius 2 is 2.03 bits per heavy atom. The fraction of sp³-hybridized carbons (Fsp3) is 0.478. The van der Waals surface area contributed by atoms with E-state index in [0.717, 1.165) is 29.4 Å². The number of anilines is 2. The molecule has 174 valence electrons. The van der Waals surface area contributed by atoms with E-state index >= 15 is 0 Å². The van der Waals surface area contributed by atoms with Gasteiger partial charge in [0.15, 0.2) is 17.5 Å². The number of amides is 1. The van der Waals surface area contributed by atoms with E-state index in [1.807, 2.05) is 32.3 Å². The van der Waals surface area contributed by atoms with Crippen molar-refractivity contribution in [3.8, 4) is 17.1 Å². The number of aromatic nitrogens is 6. The lowest BCUT2D eigenvalue weighted by Gasteiger charge is -2.40. The molecular weight excluding hydrogens is 420 g/mol. The highest BCUT2D eigenvalue weighted by atomic mass is 16.6. The Hall–Kier alpha value is -3.56. The van der Waals surface area contributed by atoms with E-state index in [2.05, 4.69) is 46.2 Å². The predicted molar refractivity (Wildman–Crippen MR) is 125 cm³/mol. The molecular formula is C23H30N8O2. The van der Waals surface area contributed by atoms with Crippen LogP contribution in [0.15, 0.2) is 24.8 Å². The summed E-state index contributed by atoms with van der Waals surface area (Å²) >= 11 is 0. The summed E-state index contributed by atoms with van der Waals surface area (Å²) in [6, 6.07) is 2.01. The molecule has 1 atom stereocenters. The zero-order chi connectivity index (χ0) is 23.9. The molecule has 0 unspecified atom stereocenters. The second kappa shape index (κ2) is 8.42. The smallest absolute Gasteiger partial charge is 0.412 e. The predicted octanol–water partition coefficient (Wildman–Crippen LogP) is 4.45. The van der Waals surface area contributed by atoms with Crippen LogP contribution < -0.4 is 10.2 Å². The molecule has 33 heavy (non-hydrogen) atoms. The van der Waals surface area contributed by atoms with Crippen LogP contribution in [0.25, 0.3) is 17.1 Å². The third-order valence-corrected chi connectivity index (χ3v) is 5.37. The highest BCUT2D eigenvalue weighted by Gasteiger charge is 2.36. The van der Waals surface area contributed by atoms with Gasteiger partial charge in [0.25, 0.3) is 0 Å². The minimum atomic E-state index is -0.616. The Bertz CT molecular complexity index is 1180. The van der Waals surface area contributed by atoms with Gasteiger partial charge in [-0.05, 0) is 54.0 Å². The van der Waals surface area contributed by atoms with Crippen molar-refractivity contribution >= 4 is 17.6 Å². The van der Waals surface area contributed by atoms with E-state index < -0.39 is 11.7 Å². The number of pyridine rings is 1. The zero-order valence-corrected chi connectivity index (χ0v) is 20.1. The van der Waals surface area contributed by atoms with Crippen LogP contribution in [-0.4, -0.2) is 47.5 Å². The monoisotopic (exact) mass is 450 g/mol. The largest absolute Gasteiger partial charge is 0.444 e. The lowest BCUT2D eigenvalue weighted by atomic mass is 10.1. The maximum Gasteiger partial charge on any atom is 0.412 e. The van der Waals surface area contributed by atoms with Gasteiger partial charge in [-0.25, -0.2) is 14.8 Å². The standard InChI is InChI=1S/C23H30N8O2/c1-8-17-20-29-25-12-30(20)18-14(4)26-19(28-21(18)31(17)13(2)3)15-9-10-24-11-16(15)27-22(32)33-23(5,6)7/h9-13,17H,8H2,1-7H3,(H,27,32)/t17-/m1/s1. The molecule has 1 aliphatic heterocycles. The van der Waals surface area contributed by atoms with Crippen molar-refractivity contribution in [2.75, 3.05) is 10.2 Å². The van der Waals surface area contributed by atoms with E-state index in [1.165, 1.54) is 0 Å². The van der Waals surface area contributed by atoms with Crippen LogP contribution in [0.4, 0.5) is 16.3 Å². The van der Waals surface area contributed by atoms with Crippen molar-refractivity contribution in [2.24, 2.45) is 0 Å². The normalized spacial score (nSPS) is 15.3. The summed E-state index contributed by atoms with van der Waals surface area (Å²) in [6.07, 6.45) is 5.24. The number of carbonyl (C=O) groups excluding carboxylic acids is 1. The number of nitrogens with one attached hydrogen (secondary N) is 1. The van der Waals surface area contributed by atoms with Crippen molar-refractivity contribution in [1.82, 2.24) is 29.7 Å². The maximum absolute atomic E-state index is 12.4. The van der Waals surface area contributed by atoms with Crippen LogP contribution in [0, 0.1) is 6.92 Å². The summed E-state index contributed by atoms with van der Waals surface area (Å²) in [6.45, 7) is 13.8. The SMILES string of the molecule is CC[C@@H]1c2nncn2-c2c(C)nc(-c3ccncc3NC(=O)OC(C)(C)C)nc2N1C(C)C. The van der Waals surface area contributed by atoms with Gasteiger partial charge in [-0.1, -0.05) is 6.92 Å². The highest BCUT2D eigenvalue weighted by molar-refractivity contribution is 5.90. The van der Waals surface area contributed by atoms with Crippen LogP contribution in [0.2, 0.25) is 0 Å². The molecule has 3 aromatic rings. The van der Waals surface area contributed by atoms with Gasteiger partial charge in [0.1, 0.15) is 17.6 Å². The summed E-state index contributed by atoms with van der Waals surface area (Å²) in [5.41, 5.74) is 2.18. The Morgan fingerprint density at radius 1 is 1.27 bits per heavy atom. The minimum absolute atomic E-state index is 0.0407. The third kappa shape index (κ3) is 4.24. The number of nitrogens with zero attached hydrogens (tertiary/aromatic N) is 7. The van der Waals surface area contributed by atoms with E-state index in [0.29, 0.717) is 17.1 Å². The van der Waals surface area contributed by atoms with Gasteiger partial charge in [0.2, 0.25) is 0 Å². The molecule has 10 heteroatoms. The van der Waals surface area contributed by atoms with E-state index in [1.54, 1.807) is 24.8 Å². The second-order valence-electron chi connectivity index (χ2n) is 9.34. The highest BCUT2D eigenvalue weighted by Crippen LogP contribution is 2.41. The quantitative estimate of drug-likeness (QED) is 0.620. The van der Waals surface area contributed by atoms with Gasteiger partial charge < -0.3 is 9.64 Å². The molecule has 0 radical (unpaired) electrons. The number of ether oxygens (including phenoxy) is 1. The second-order valence-corrected chi connectivity index (χ2v) is 9.34. The van der Waals surface area contributed by atoms with Crippen molar-refractivity contribution < 1.29 is 9.53 Å².